The second-order valence-corrected chi connectivity index (χ2v) is 10.2. The van der Waals surface area contributed by atoms with E-state index < -0.39 is 5.97 Å². The van der Waals surface area contributed by atoms with E-state index in [0.717, 1.165) is 19.3 Å². The Labute approximate surface area is 292 Å². The van der Waals surface area contributed by atoms with Gasteiger partial charge in [-0.15, -0.1) is 0 Å². The van der Waals surface area contributed by atoms with Crippen LogP contribution in [0.25, 0.3) is 0 Å². The lowest BCUT2D eigenvalue weighted by molar-refractivity contribution is -0.145. The molecule has 0 saturated heterocycles. The molecule has 0 rings (SSSR count). The van der Waals surface area contributed by atoms with Gasteiger partial charge in [0.2, 0.25) is 0 Å². The molecule has 0 aromatic carbocycles. The first-order chi connectivity index (χ1) is 24.2. The number of ether oxygens (including phenoxy) is 13. The first-order valence-corrected chi connectivity index (χ1v) is 17.5. The fourth-order valence-corrected chi connectivity index (χ4v) is 3.49. The molecule has 0 atom stereocenters. The summed E-state index contributed by atoms with van der Waals surface area (Å²) >= 11 is 0. The van der Waals surface area contributed by atoms with Crippen LogP contribution in [0.3, 0.4) is 0 Å². The minimum Gasteiger partial charge on any atom is -0.481 e. The Bertz CT molecular complexity index is 673. The van der Waals surface area contributed by atoms with Crippen molar-refractivity contribution in [3.8, 4) is 0 Å². The summed E-state index contributed by atoms with van der Waals surface area (Å²) in [5, 5.41) is 8.49. The van der Waals surface area contributed by atoms with Gasteiger partial charge in [-0.2, -0.15) is 0 Å². The Morgan fingerprint density at radius 2 is 0.592 bits per heavy atom. The summed E-state index contributed by atoms with van der Waals surface area (Å²) in [5.41, 5.74) is 0. The van der Waals surface area contributed by atoms with Crippen LogP contribution in [0.4, 0.5) is 0 Å². The van der Waals surface area contributed by atoms with Crippen LogP contribution in [0.1, 0.15) is 39.0 Å². The molecule has 16 heteroatoms. The van der Waals surface area contributed by atoms with Crippen molar-refractivity contribution in [2.45, 2.75) is 39.0 Å². The summed E-state index contributed by atoms with van der Waals surface area (Å²) < 4.78 is 69.9. The summed E-state index contributed by atoms with van der Waals surface area (Å²) in [4.78, 5) is 21.8. The van der Waals surface area contributed by atoms with Crippen molar-refractivity contribution in [1.29, 1.82) is 0 Å². The Morgan fingerprint density at radius 3 is 0.837 bits per heavy atom. The van der Waals surface area contributed by atoms with Gasteiger partial charge in [-0.1, -0.05) is 19.8 Å². The topological polar surface area (TPSA) is 174 Å². The lowest BCUT2D eigenvalue weighted by Crippen LogP contribution is -2.15. The van der Waals surface area contributed by atoms with Crippen molar-refractivity contribution in [2.75, 3.05) is 165 Å². The van der Waals surface area contributed by atoms with E-state index >= 15 is 0 Å². The van der Waals surface area contributed by atoms with E-state index in [9.17, 15) is 9.59 Å². The van der Waals surface area contributed by atoms with Crippen molar-refractivity contribution < 1.29 is 76.3 Å². The fraction of sp³-hybridized carbons (Fsp3) is 0.939. The first-order valence-electron chi connectivity index (χ1n) is 17.5. The van der Waals surface area contributed by atoms with Crippen LogP contribution in [-0.2, 0) is 71.2 Å². The van der Waals surface area contributed by atoms with Crippen LogP contribution >= 0.6 is 0 Å². The Kier molecular flexibility index (Phi) is 41.3. The van der Waals surface area contributed by atoms with Crippen molar-refractivity contribution in [1.82, 2.24) is 0 Å². The SMILES string of the molecule is CCCCCC(=O)OCCOCCOCCOCCOCCOCCOCCOCCOCCOCCOCCOCCOCCC(=O)O. The molecule has 1 N–H and O–H groups in total. The van der Waals surface area contributed by atoms with Gasteiger partial charge in [-0.25, -0.2) is 0 Å². The van der Waals surface area contributed by atoms with E-state index in [-0.39, 0.29) is 25.6 Å². The molecule has 0 unspecified atom stereocenters. The number of carbonyl (C=O) groups excluding carboxylic acids is 1. The van der Waals surface area contributed by atoms with Crippen LogP contribution in [0.15, 0.2) is 0 Å². The number of hydrogen-bond acceptors (Lipinski definition) is 15. The van der Waals surface area contributed by atoms with Gasteiger partial charge in [0.25, 0.3) is 0 Å². The van der Waals surface area contributed by atoms with Crippen molar-refractivity contribution in [2.24, 2.45) is 0 Å². The molecule has 0 amide bonds. The maximum Gasteiger partial charge on any atom is 0.305 e. The smallest absolute Gasteiger partial charge is 0.305 e. The van der Waals surface area contributed by atoms with Gasteiger partial charge >= 0.3 is 11.9 Å². The van der Waals surface area contributed by atoms with E-state index in [1.807, 2.05) is 0 Å². The molecule has 0 heterocycles. The molecular formula is C33H64O16. The lowest BCUT2D eigenvalue weighted by atomic mass is 10.2. The fourth-order valence-electron chi connectivity index (χ4n) is 3.49. The minimum absolute atomic E-state index is 0.00549. The number of hydrogen-bond donors (Lipinski definition) is 1. The number of aliphatic carboxylic acids is 1. The molecule has 292 valence electrons. The van der Waals surface area contributed by atoms with E-state index in [2.05, 4.69) is 6.92 Å². The average Bonchev–Trinajstić information content (AvgIpc) is 3.09. The highest BCUT2D eigenvalue weighted by Gasteiger charge is 2.02. The monoisotopic (exact) mass is 716 g/mol. The predicted molar refractivity (Wildman–Crippen MR) is 177 cm³/mol. The van der Waals surface area contributed by atoms with Crippen molar-refractivity contribution >= 4 is 11.9 Å². The van der Waals surface area contributed by atoms with Gasteiger partial charge in [0.15, 0.2) is 0 Å². The second kappa shape index (κ2) is 42.6. The van der Waals surface area contributed by atoms with E-state index in [4.69, 9.17) is 66.7 Å². The quantitative estimate of drug-likeness (QED) is 0.0714. The number of carboxylic acids is 1. The molecule has 0 aromatic rings. The highest BCUT2D eigenvalue weighted by molar-refractivity contribution is 5.69. The predicted octanol–water partition coefficient (Wildman–Crippen LogP) is 1.78. The zero-order valence-electron chi connectivity index (χ0n) is 29.8. The lowest BCUT2D eigenvalue weighted by Gasteiger charge is -2.09. The van der Waals surface area contributed by atoms with Gasteiger partial charge in [-0.3, -0.25) is 9.59 Å². The summed E-state index contributed by atoms with van der Waals surface area (Å²) in [7, 11) is 0. The molecule has 0 aliphatic heterocycles. The van der Waals surface area contributed by atoms with Crippen LogP contribution in [-0.4, -0.2) is 182 Å². The van der Waals surface area contributed by atoms with Gasteiger partial charge in [0.1, 0.15) is 6.61 Å². The molecular weight excluding hydrogens is 652 g/mol. The molecule has 0 aromatic heterocycles. The number of carboxylic acid groups (broad SMARTS) is 1. The standard InChI is InChI=1S/C33H64O16/c1-2-3-4-5-33(36)49-31-30-48-29-28-47-27-26-46-25-24-45-23-22-44-21-20-43-19-18-42-17-16-41-15-14-40-13-12-39-11-10-38-9-8-37-7-6-32(34)35/h2-31H2,1H3,(H,34,35). The zero-order chi connectivity index (χ0) is 35.6. The van der Waals surface area contributed by atoms with Gasteiger partial charge in [0.05, 0.1) is 165 Å². The van der Waals surface area contributed by atoms with E-state index in [0.29, 0.717) is 158 Å². The minimum atomic E-state index is -0.877. The van der Waals surface area contributed by atoms with Gasteiger partial charge in [0, 0.05) is 6.42 Å². The largest absolute Gasteiger partial charge is 0.481 e. The number of carbonyl (C=O) groups is 2. The summed E-state index contributed by atoms with van der Waals surface area (Å²) in [6, 6.07) is 0. The number of rotatable bonds is 43. The summed E-state index contributed by atoms with van der Waals surface area (Å²) in [6.07, 6.45) is 3.47. The number of unbranched alkanes of at least 4 members (excludes halogenated alkanes) is 2. The zero-order valence-corrected chi connectivity index (χ0v) is 29.8. The molecule has 0 bridgehead atoms. The molecule has 49 heavy (non-hydrogen) atoms. The normalized spacial score (nSPS) is 11.4. The average molecular weight is 717 g/mol. The molecule has 0 aliphatic carbocycles. The molecule has 0 spiro atoms. The molecule has 0 radical (unpaired) electrons. The molecule has 0 aliphatic rings. The van der Waals surface area contributed by atoms with Crippen LogP contribution < -0.4 is 0 Å². The van der Waals surface area contributed by atoms with Gasteiger partial charge in [-0.05, 0) is 6.42 Å². The van der Waals surface area contributed by atoms with E-state index in [1.165, 1.54) is 0 Å². The van der Waals surface area contributed by atoms with Gasteiger partial charge < -0.3 is 66.7 Å². The second-order valence-electron chi connectivity index (χ2n) is 10.2. The maximum atomic E-state index is 11.5. The summed E-state index contributed by atoms with van der Waals surface area (Å²) in [5.74, 6) is -1.04. The highest BCUT2D eigenvalue weighted by Crippen LogP contribution is 2.00. The Hall–Kier alpha value is -1.54. The van der Waals surface area contributed by atoms with Crippen molar-refractivity contribution in [3.05, 3.63) is 0 Å². The third kappa shape index (κ3) is 44.4. The third-order valence-electron chi connectivity index (χ3n) is 6.03. The summed E-state index contributed by atoms with van der Waals surface area (Å²) in [6.45, 7) is 13.2. The van der Waals surface area contributed by atoms with Crippen LogP contribution in [0.5, 0.6) is 0 Å². The molecule has 16 nitrogen and oxygen atoms in total. The molecule has 0 saturated carbocycles. The molecule has 0 fully saturated rings. The van der Waals surface area contributed by atoms with Crippen LogP contribution in [0, 0.1) is 0 Å². The number of esters is 1. The van der Waals surface area contributed by atoms with E-state index in [1.54, 1.807) is 0 Å². The Balaban J connectivity index is 3.08. The van der Waals surface area contributed by atoms with Crippen molar-refractivity contribution in [3.63, 3.8) is 0 Å². The Morgan fingerprint density at radius 1 is 0.347 bits per heavy atom. The first kappa shape index (κ1) is 47.5. The maximum absolute atomic E-state index is 11.5. The third-order valence-corrected chi connectivity index (χ3v) is 6.03. The highest BCUT2D eigenvalue weighted by atomic mass is 16.6. The van der Waals surface area contributed by atoms with Crippen LogP contribution in [0.2, 0.25) is 0 Å².